The summed E-state index contributed by atoms with van der Waals surface area (Å²) in [6.45, 7) is 3.51. The SMILES string of the molecule is Cc1nc(CNS(=O)(=O)c2c(N)ncn2C)oc1C. The summed E-state index contributed by atoms with van der Waals surface area (Å²) in [5.74, 6) is 0.920. The molecule has 104 valence electrons. The van der Waals surface area contributed by atoms with Gasteiger partial charge in [-0.2, -0.15) is 0 Å². The lowest BCUT2D eigenvalue weighted by Gasteiger charge is -2.06. The van der Waals surface area contributed by atoms with Crippen LogP contribution in [-0.4, -0.2) is 23.0 Å². The van der Waals surface area contributed by atoms with Crippen LogP contribution in [0.25, 0.3) is 0 Å². The third-order valence-corrected chi connectivity index (χ3v) is 4.18. The van der Waals surface area contributed by atoms with Crippen LogP contribution in [0.1, 0.15) is 17.3 Å². The van der Waals surface area contributed by atoms with Gasteiger partial charge in [0, 0.05) is 7.05 Å². The highest BCUT2D eigenvalue weighted by Gasteiger charge is 2.22. The van der Waals surface area contributed by atoms with Crippen molar-refractivity contribution in [3.05, 3.63) is 23.7 Å². The van der Waals surface area contributed by atoms with Gasteiger partial charge < -0.3 is 14.7 Å². The van der Waals surface area contributed by atoms with Gasteiger partial charge >= 0.3 is 0 Å². The van der Waals surface area contributed by atoms with E-state index in [0.29, 0.717) is 11.7 Å². The zero-order chi connectivity index (χ0) is 14.2. The maximum atomic E-state index is 12.1. The highest BCUT2D eigenvalue weighted by Crippen LogP contribution is 2.16. The van der Waals surface area contributed by atoms with E-state index in [9.17, 15) is 8.42 Å². The van der Waals surface area contributed by atoms with Gasteiger partial charge in [-0.15, -0.1) is 0 Å². The summed E-state index contributed by atoms with van der Waals surface area (Å²) in [5.41, 5.74) is 6.27. The van der Waals surface area contributed by atoms with E-state index in [1.165, 1.54) is 10.9 Å². The van der Waals surface area contributed by atoms with Crippen molar-refractivity contribution in [2.75, 3.05) is 5.73 Å². The second-order valence-electron chi connectivity index (χ2n) is 4.12. The average Bonchev–Trinajstić information content (AvgIpc) is 2.81. The molecule has 0 spiro atoms. The summed E-state index contributed by atoms with van der Waals surface area (Å²) in [5, 5.41) is -0.0764. The van der Waals surface area contributed by atoms with E-state index in [2.05, 4.69) is 14.7 Å². The van der Waals surface area contributed by atoms with E-state index in [4.69, 9.17) is 10.2 Å². The van der Waals surface area contributed by atoms with Crippen LogP contribution in [0.3, 0.4) is 0 Å². The molecule has 8 nitrogen and oxygen atoms in total. The van der Waals surface area contributed by atoms with E-state index in [1.807, 2.05) is 0 Å². The summed E-state index contributed by atoms with van der Waals surface area (Å²) in [6, 6.07) is 0. The first-order valence-corrected chi connectivity index (χ1v) is 6.99. The summed E-state index contributed by atoms with van der Waals surface area (Å²) >= 11 is 0. The van der Waals surface area contributed by atoms with Crippen LogP contribution >= 0.6 is 0 Å². The Labute approximate surface area is 110 Å². The number of nitrogens with one attached hydrogen (secondary N) is 1. The van der Waals surface area contributed by atoms with Crippen molar-refractivity contribution in [1.29, 1.82) is 0 Å². The molecule has 2 aromatic heterocycles. The molecule has 0 radical (unpaired) electrons. The van der Waals surface area contributed by atoms with Crippen LogP contribution in [0, 0.1) is 13.8 Å². The summed E-state index contributed by atoms with van der Waals surface area (Å²) in [6.07, 6.45) is 1.34. The van der Waals surface area contributed by atoms with E-state index < -0.39 is 10.0 Å². The van der Waals surface area contributed by atoms with Crippen molar-refractivity contribution in [1.82, 2.24) is 19.3 Å². The minimum Gasteiger partial charge on any atom is -0.444 e. The Kier molecular flexibility index (Phi) is 3.33. The van der Waals surface area contributed by atoms with Crippen LogP contribution < -0.4 is 10.5 Å². The Morgan fingerprint density at radius 1 is 1.47 bits per heavy atom. The van der Waals surface area contributed by atoms with E-state index in [1.54, 1.807) is 20.9 Å². The van der Waals surface area contributed by atoms with Crippen LogP contribution in [0.5, 0.6) is 0 Å². The lowest BCUT2D eigenvalue weighted by Crippen LogP contribution is -2.26. The van der Waals surface area contributed by atoms with E-state index >= 15 is 0 Å². The van der Waals surface area contributed by atoms with Crippen molar-refractivity contribution < 1.29 is 12.8 Å². The number of nitrogen functional groups attached to an aromatic ring is 1. The molecule has 0 amide bonds. The monoisotopic (exact) mass is 285 g/mol. The third-order valence-electron chi connectivity index (χ3n) is 2.65. The largest absolute Gasteiger partial charge is 0.444 e. The number of rotatable bonds is 4. The predicted molar refractivity (Wildman–Crippen MR) is 67.6 cm³/mol. The van der Waals surface area contributed by atoms with Gasteiger partial charge in [-0.3, -0.25) is 0 Å². The first-order valence-electron chi connectivity index (χ1n) is 5.50. The molecule has 0 bridgehead atoms. The highest BCUT2D eigenvalue weighted by atomic mass is 32.2. The average molecular weight is 285 g/mol. The van der Waals surface area contributed by atoms with Gasteiger partial charge in [0.2, 0.25) is 5.89 Å². The molecule has 0 aromatic carbocycles. The second kappa shape index (κ2) is 4.67. The molecule has 2 rings (SSSR count). The molecule has 0 aliphatic rings. The number of hydrogen-bond donors (Lipinski definition) is 2. The zero-order valence-corrected chi connectivity index (χ0v) is 11.7. The molecule has 0 saturated carbocycles. The minimum absolute atomic E-state index is 0.0400. The topological polar surface area (TPSA) is 116 Å². The Morgan fingerprint density at radius 2 is 2.16 bits per heavy atom. The molecule has 0 aliphatic heterocycles. The van der Waals surface area contributed by atoms with Crippen LogP contribution in [0.15, 0.2) is 15.8 Å². The number of aromatic nitrogens is 3. The first kappa shape index (κ1) is 13.6. The number of nitrogens with zero attached hydrogens (tertiary/aromatic N) is 3. The number of nitrogens with two attached hydrogens (primary N) is 1. The van der Waals surface area contributed by atoms with Crippen molar-refractivity contribution in [3.8, 4) is 0 Å². The number of anilines is 1. The molecular weight excluding hydrogens is 270 g/mol. The van der Waals surface area contributed by atoms with Gasteiger partial charge in [0.1, 0.15) is 5.76 Å². The number of hydrogen-bond acceptors (Lipinski definition) is 6. The number of aryl methyl sites for hydroxylation is 3. The molecule has 0 unspecified atom stereocenters. The lowest BCUT2D eigenvalue weighted by atomic mass is 10.4. The fraction of sp³-hybridized carbons (Fsp3) is 0.400. The Bertz CT molecular complexity index is 662. The van der Waals surface area contributed by atoms with Gasteiger partial charge in [0.15, 0.2) is 10.8 Å². The van der Waals surface area contributed by atoms with Crippen molar-refractivity contribution >= 4 is 15.8 Å². The smallest absolute Gasteiger partial charge is 0.260 e. The molecule has 0 fully saturated rings. The van der Waals surface area contributed by atoms with Crippen molar-refractivity contribution in [2.24, 2.45) is 7.05 Å². The van der Waals surface area contributed by atoms with Crippen molar-refractivity contribution in [3.63, 3.8) is 0 Å². The highest BCUT2D eigenvalue weighted by molar-refractivity contribution is 7.89. The Balaban J connectivity index is 2.19. The third kappa shape index (κ3) is 2.61. The van der Waals surface area contributed by atoms with Gasteiger partial charge in [0.05, 0.1) is 18.6 Å². The Hall–Kier alpha value is -1.87. The van der Waals surface area contributed by atoms with Gasteiger partial charge in [-0.05, 0) is 13.8 Å². The van der Waals surface area contributed by atoms with Gasteiger partial charge in [-0.1, -0.05) is 0 Å². The molecule has 3 N–H and O–H groups in total. The molecule has 0 aliphatic carbocycles. The quantitative estimate of drug-likeness (QED) is 0.822. The molecule has 9 heteroatoms. The molecule has 0 saturated heterocycles. The summed E-state index contributed by atoms with van der Waals surface area (Å²) < 4.78 is 33.2. The van der Waals surface area contributed by atoms with Crippen LogP contribution in [0.4, 0.5) is 5.82 Å². The molecular formula is C10H15N5O3S. The van der Waals surface area contributed by atoms with Gasteiger partial charge in [0.25, 0.3) is 10.0 Å². The normalized spacial score (nSPS) is 11.9. The maximum Gasteiger partial charge on any atom is 0.260 e. The number of sulfonamides is 1. The maximum absolute atomic E-state index is 12.1. The zero-order valence-electron chi connectivity index (χ0n) is 10.8. The fourth-order valence-corrected chi connectivity index (χ4v) is 2.81. The fourth-order valence-electron chi connectivity index (χ4n) is 1.60. The lowest BCUT2D eigenvalue weighted by molar-refractivity contribution is 0.462. The van der Waals surface area contributed by atoms with E-state index in [0.717, 1.165) is 5.69 Å². The standard InChI is InChI=1S/C10H15N5O3S/c1-6-7(2)18-8(14-6)4-13-19(16,17)10-9(11)12-5-15(10)3/h5,13H,4,11H2,1-3H3. The van der Waals surface area contributed by atoms with Crippen LogP contribution in [-0.2, 0) is 23.6 Å². The second-order valence-corrected chi connectivity index (χ2v) is 5.80. The minimum atomic E-state index is -3.75. The van der Waals surface area contributed by atoms with Gasteiger partial charge in [-0.25, -0.2) is 23.1 Å². The molecule has 2 heterocycles. The predicted octanol–water partition coefficient (Wildman–Crippen LogP) is 0.0856. The molecule has 0 atom stereocenters. The molecule has 19 heavy (non-hydrogen) atoms. The molecule has 2 aromatic rings. The number of oxazole rings is 1. The van der Waals surface area contributed by atoms with Crippen LogP contribution in [0.2, 0.25) is 0 Å². The summed E-state index contributed by atoms with van der Waals surface area (Å²) in [4.78, 5) is 7.83. The van der Waals surface area contributed by atoms with E-state index in [-0.39, 0.29) is 17.4 Å². The number of imidazole rings is 1. The summed E-state index contributed by atoms with van der Waals surface area (Å²) in [7, 11) is -2.20. The Morgan fingerprint density at radius 3 is 2.63 bits per heavy atom. The first-order chi connectivity index (χ1) is 8.81. The van der Waals surface area contributed by atoms with Crippen molar-refractivity contribution in [2.45, 2.75) is 25.4 Å².